The van der Waals surface area contributed by atoms with Crippen molar-refractivity contribution in [3.05, 3.63) is 65.7 Å². The van der Waals surface area contributed by atoms with Crippen LogP contribution >= 0.6 is 0 Å². The summed E-state index contributed by atoms with van der Waals surface area (Å²) in [4.78, 5) is 28.6. The molecule has 3 aromatic rings. The number of halogens is 1. The van der Waals surface area contributed by atoms with Crippen LogP contribution in [0.25, 0.3) is 11.0 Å². The van der Waals surface area contributed by atoms with Gasteiger partial charge in [-0.3, -0.25) is 9.59 Å². The van der Waals surface area contributed by atoms with Crippen LogP contribution in [0.15, 0.2) is 48.5 Å². The van der Waals surface area contributed by atoms with E-state index in [1.807, 2.05) is 24.3 Å². The molecule has 0 aliphatic rings. The first-order valence-electron chi connectivity index (χ1n) is 8.72. The number of ether oxygens (including phenoxy) is 1. The molecule has 7 heteroatoms. The SMILES string of the molecule is CCOC(=O)Cn1c(CCNC(=O)c2ccc(F)cc2)nc2ccccc21. The largest absolute Gasteiger partial charge is 0.465 e. The number of esters is 1. The number of para-hydroxylation sites is 2. The lowest BCUT2D eigenvalue weighted by Gasteiger charge is -2.09. The third-order valence-electron chi connectivity index (χ3n) is 4.07. The van der Waals surface area contributed by atoms with Crippen LogP contribution in [0.4, 0.5) is 4.39 Å². The van der Waals surface area contributed by atoms with Crippen molar-refractivity contribution >= 4 is 22.9 Å². The molecule has 0 saturated heterocycles. The fourth-order valence-corrected chi connectivity index (χ4v) is 2.82. The first kappa shape index (κ1) is 18.6. The maximum Gasteiger partial charge on any atom is 0.326 e. The van der Waals surface area contributed by atoms with Gasteiger partial charge in [-0.1, -0.05) is 12.1 Å². The summed E-state index contributed by atoms with van der Waals surface area (Å²) in [5, 5.41) is 2.79. The number of fused-ring (bicyclic) bond motifs is 1. The van der Waals surface area contributed by atoms with Crippen LogP contribution in [0, 0.1) is 5.82 Å². The van der Waals surface area contributed by atoms with Crippen LogP contribution in [0.2, 0.25) is 0 Å². The van der Waals surface area contributed by atoms with Crippen LogP contribution in [0.5, 0.6) is 0 Å². The Hall–Kier alpha value is -3.22. The van der Waals surface area contributed by atoms with E-state index in [9.17, 15) is 14.0 Å². The minimum atomic E-state index is -0.390. The van der Waals surface area contributed by atoms with Crippen LogP contribution in [0.1, 0.15) is 23.1 Å². The van der Waals surface area contributed by atoms with E-state index in [0.717, 1.165) is 11.0 Å². The smallest absolute Gasteiger partial charge is 0.326 e. The molecular formula is C20H20FN3O3. The predicted octanol–water partition coefficient (Wildman–Crippen LogP) is 2.71. The highest BCUT2D eigenvalue weighted by molar-refractivity contribution is 5.94. The fraction of sp³-hybridized carbons (Fsp3) is 0.250. The molecule has 1 heterocycles. The average Bonchev–Trinajstić information content (AvgIpc) is 3.00. The molecule has 1 aromatic heterocycles. The maximum absolute atomic E-state index is 12.9. The Labute approximate surface area is 156 Å². The first-order chi connectivity index (χ1) is 13.1. The van der Waals surface area contributed by atoms with Crippen molar-refractivity contribution in [3.63, 3.8) is 0 Å². The zero-order valence-electron chi connectivity index (χ0n) is 14.9. The summed E-state index contributed by atoms with van der Waals surface area (Å²) in [6, 6.07) is 12.9. The molecule has 1 N–H and O–H groups in total. The molecule has 0 spiro atoms. The van der Waals surface area contributed by atoms with Gasteiger partial charge in [0.15, 0.2) is 0 Å². The Morgan fingerprint density at radius 3 is 2.63 bits per heavy atom. The van der Waals surface area contributed by atoms with E-state index in [-0.39, 0.29) is 24.2 Å². The molecule has 0 aliphatic carbocycles. The van der Waals surface area contributed by atoms with Crippen molar-refractivity contribution in [2.24, 2.45) is 0 Å². The van der Waals surface area contributed by atoms with E-state index in [0.29, 0.717) is 31.0 Å². The fourth-order valence-electron chi connectivity index (χ4n) is 2.82. The van der Waals surface area contributed by atoms with Gasteiger partial charge < -0.3 is 14.6 Å². The van der Waals surface area contributed by atoms with Gasteiger partial charge in [0, 0.05) is 18.5 Å². The molecular weight excluding hydrogens is 349 g/mol. The minimum absolute atomic E-state index is 0.0651. The summed E-state index contributed by atoms with van der Waals surface area (Å²) in [6.45, 7) is 2.47. The lowest BCUT2D eigenvalue weighted by atomic mass is 10.2. The van der Waals surface area contributed by atoms with E-state index in [1.54, 1.807) is 11.5 Å². The van der Waals surface area contributed by atoms with E-state index < -0.39 is 0 Å². The van der Waals surface area contributed by atoms with Gasteiger partial charge in [-0.2, -0.15) is 0 Å². The van der Waals surface area contributed by atoms with Crippen LogP contribution in [-0.2, 0) is 22.5 Å². The number of nitrogens with one attached hydrogen (secondary N) is 1. The van der Waals surface area contributed by atoms with Gasteiger partial charge in [-0.15, -0.1) is 0 Å². The van der Waals surface area contributed by atoms with Gasteiger partial charge in [0.2, 0.25) is 0 Å². The predicted molar refractivity (Wildman–Crippen MR) is 98.8 cm³/mol. The topological polar surface area (TPSA) is 73.2 Å². The number of carbonyl (C=O) groups is 2. The number of amides is 1. The van der Waals surface area contributed by atoms with E-state index in [1.165, 1.54) is 24.3 Å². The molecule has 6 nitrogen and oxygen atoms in total. The number of imidazole rings is 1. The number of carbonyl (C=O) groups excluding carboxylic acids is 2. The van der Waals surface area contributed by atoms with Gasteiger partial charge in [0.05, 0.1) is 17.6 Å². The Bertz CT molecular complexity index is 951. The number of rotatable bonds is 7. The number of hydrogen-bond donors (Lipinski definition) is 1. The highest BCUT2D eigenvalue weighted by Gasteiger charge is 2.14. The highest BCUT2D eigenvalue weighted by Crippen LogP contribution is 2.16. The van der Waals surface area contributed by atoms with Crippen molar-refractivity contribution in [2.75, 3.05) is 13.2 Å². The van der Waals surface area contributed by atoms with Gasteiger partial charge in [0.1, 0.15) is 18.2 Å². The Morgan fingerprint density at radius 1 is 1.15 bits per heavy atom. The third-order valence-corrected chi connectivity index (χ3v) is 4.07. The first-order valence-corrected chi connectivity index (χ1v) is 8.72. The average molecular weight is 369 g/mol. The van der Waals surface area contributed by atoms with E-state index in [2.05, 4.69) is 10.3 Å². The second-order valence-electron chi connectivity index (χ2n) is 5.92. The molecule has 0 aliphatic heterocycles. The summed E-state index contributed by atoms with van der Waals surface area (Å²) in [6.07, 6.45) is 0.445. The van der Waals surface area contributed by atoms with Crippen LogP contribution < -0.4 is 5.32 Å². The number of nitrogens with zero attached hydrogens (tertiary/aromatic N) is 2. The number of benzene rings is 2. The third kappa shape index (κ3) is 4.49. The minimum Gasteiger partial charge on any atom is -0.465 e. The van der Waals surface area contributed by atoms with Crippen molar-refractivity contribution in [1.82, 2.24) is 14.9 Å². The Kier molecular flexibility index (Phi) is 5.80. The van der Waals surface area contributed by atoms with Crippen LogP contribution in [0.3, 0.4) is 0 Å². The Balaban J connectivity index is 1.71. The second kappa shape index (κ2) is 8.44. The molecule has 0 saturated carbocycles. The molecule has 2 aromatic carbocycles. The summed E-state index contributed by atoms with van der Waals surface area (Å²) in [5.41, 5.74) is 2.00. The lowest BCUT2D eigenvalue weighted by molar-refractivity contribution is -0.143. The normalized spacial score (nSPS) is 10.7. The lowest BCUT2D eigenvalue weighted by Crippen LogP contribution is -2.27. The van der Waals surface area contributed by atoms with Gasteiger partial charge in [-0.05, 0) is 43.3 Å². The standard InChI is InChI=1S/C20H20FN3O3/c1-2-27-19(25)13-24-17-6-4-3-5-16(17)23-18(24)11-12-22-20(26)14-7-9-15(21)10-8-14/h3-10H,2,11-13H2,1H3,(H,22,26). The molecule has 0 atom stereocenters. The molecule has 0 unspecified atom stereocenters. The second-order valence-corrected chi connectivity index (χ2v) is 5.92. The van der Waals surface area contributed by atoms with Gasteiger partial charge >= 0.3 is 5.97 Å². The zero-order chi connectivity index (χ0) is 19.2. The Morgan fingerprint density at radius 2 is 1.89 bits per heavy atom. The zero-order valence-corrected chi connectivity index (χ0v) is 14.9. The molecule has 3 rings (SSSR count). The molecule has 140 valence electrons. The molecule has 0 bridgehead atoms. The highest BCUT2D eigenvalue weighted by atomic mass is 19.1. The van der Waals surface area contributed by atoms with Crippen LogP contribution in [-0.4, -0.2) is 34.6 Å². The monoisotopic (exact) mass is 369 g/mol. The van der Waals surface area contributed by atoms with E-state index in [4.69, 9.17) is 4.74 Å². The summed E-state index contributed by atoms with van der Waals surface area (Å²) < 4.78 is 19.8. The van der Waals surface area contributed by atoms with Crippen molar-refractivity contribution in [2.45, 2.75) is 19.9 Å². The quantitative estimate of drug-likeness (QED) is 0.650. The van der Waals surface area contributed by atoms with Crippen molar-refractivity contribution in [1.29, 1.82) is 0 Å². The molecule has 27 heavy (non-hydrogen) atoms. The number of aromatic nitrogens is 2. The number of hydrogen-bond acceptors (Lipinski definition) is 4. The summed E-state index contributed by atoms with van der Waals surface area (Å²) >= 11 is 0. The summed E-state index contributed by atoms with van der Waals surface area (Å²) in [5.74, 6) is -0.330. The van der Waals surface area contributed by atoms with Gasteiger partial charge in [0.25, 0.3) is 5.91 Å². The molecule has 0 fully saturated rings. The van der Waals surface area contributed by atoms with Gasteiger partial charge in [-0.25, -0.2) is 9.37 Å². The van der Waals surface area contributed by atoms with Crippen molar-refractivity contribution in [3.8, 4) is 0 Å². The summed E-state index contributed by atoms with van der Waals surface area (Å²) in [7, 11) is 0. The molecule has 0 radical (unpaired) electrons. The maximum atomic E-state index is 12.9. The molecule has 1 amide bonds. The van der Waals surface area contributed by atoms with Crippen molar-refractivity contribution < 1.29 is 18.7 Å². The van der Waals surface area contributed by atoms with E-state index >= 15 is 0 Å².